The van der Waals surface area contributed by atoms with E-state index in [2.05, 4.69) is 12.2 Å². The highest BCUT2D eigenvalue weighted by molar-refractivity contribution is 6.30. The molecule has 1 atom stereocenters. The van der Waals surface area contributed by atoms with Crippen LogP contribution in [0.15, 0.2) is 30.3 Å². The van der Waals surface area contributed by atoms with Crippen LogP contribution >= 0.6 is 11.6 Å². The highest BCUT2D eigenvalue weighted by Crippen LogP contribution is 2.61. The summed E-state index contributed by atoms with van der Waals surface area (Å²) in [6, 6.07) is 7.81. The van der Waals surface area contributed by atoms with Gasteiger partial charge in [-0.15, -0.1) is 0 Å². The highest BCUT2D eigenvalue weighted by atomic mass is 35.5. The maximum absolute atomic E-state index is 12.4. The van der Waals surface area contributed by atoms with Gasteiger partial charge in [-0.25, -0.2) is 0 Å². The Balaban J connectivity index is 1.39. The van der Waals surface area contributed by atoms with Gasteiger partial charge in [-0.1, -0.05) is 23.7 Å². The van der Waals surface area contributed by atoms with E-state index in [1.165, 1.54) is 38.5 Å². The van der Waals surface area contributed by atoms with Crippen molar-refractivity contribution >= 4 is 23.6 Å². The van der Waals surface area contributed by atoms with E-state index in [-0.39, 0.29) is 11.9 Å². The Kier molecular flexibility index (Phi) is 4.20. The lowest BCUT2D eigenvalue weighted by Crippen LogP contribution is -2.55. The predicted molar refractivity (Wildman–Crippen MR) is 98.7 cm³/mol. The van der Waals surface area contributed by atoms with Gasteiger partial charge in [0.2, 0.25) is 5.91 Å². The van der Waals surface area contributed by atoms with E-state index in [9.17, 15) is 4.79 Å². The smallest absolute Gasteiger partial charge is 0.244 e. The SMILES string of the molecule is C[C@H](NC(=O)/C=C/c1ccc(Cl)cc1)C12CC3CC(CC(C3)C1)C2. The number of benzene rings is 1. The largest absolute Gasteiger partial charge is 0.350 e. The van der Waals surface area contributed by atoms with Gasteiger partial charge in [0.1, 0.15) is 0 Å². The second-order valence-corrected chi connectivity index (χ2v) is 8.83. The predicted octanol–water partition coefficient (Wildman–Crippen LogP) is 5.07. The molecular formula is C21H26ClNO. The molecule has 0 spiro atoms. The molecule has 0 aromatic heterocycles. The first-order valence-corrected chi connectivity index (χ1v) is 9.64. The molecule has 4 fully saturated rings. The summed E-state index contributed by atoms with van der Waals surface area (Å²) in [7, 11) is 0. The Bertz CT molecular complexity index is 613. The summed E-state index contributed by atoms with van der Waals surface area (Å²) >= 11 is 5.89. The zero-order chi connectivity index (χ0) is 16.7. The molecule has 0 heterocycles. The molecule has 0 unspecified atom stereocenters. The van der Waals surface area contributed by atoms with Gasteiger partial charge in [-0.2, -0.15) is 0 Å². The average molecular weight is 344 g/mol. The minimum absolute atomic E-state index is 0.0215. The Labute approximate surface area is 149 Å². The Morgan fingerprint density at radius 3 is 2.21 bits per heavy atom. The van der Waals surface area contributed by atoms with Crippen LogP contribution in [0.25, 0.3) is 6.08 Å². The second-order valence-electron chi connectivity index (χ2n) is 8.40. The third-order valence-corrected chi connectivity index (χ3v) is 6.91. The van der Waals surface area contributed by atoms with Crippen molar-refractivity contribution in [1.29, 1.82) is 0 Å². The molecule has 1 amide bonds. The number of hydrogen-bond donors (Lipinski definition) is 1. The molecule has 3 heteroatoms. The molecule has 5 rings (SSSR count). The number of nitrogens with one attached hydrogen (secondary N) is 1. The van der Waals surface area contributed by atoms with Gasteiger partial charge in [0.05, 0.1) is 0 Å². The first-order chi connectivity index (χ1) is 11.5. The Hall–Kier alpha value is -1.28. The molecular weight excluding hydrogens is 318 g/mol. The first kappa shape index (κ1) is 16.2. The van der Waals surface area contributed by atoms with E-state index in [0.717, 1.165) is 23.3 Å². The summed E-state index contributed by atoms with van der Waals surface area (Å²) in [6.45, 7) is 2.22. The lowest BCUT2D eigenvalue weighted by atomic mass is 9.48. The number of carbonyl (C=O) groups excluding carboxylic acids is 1. The molecule has 2 nitrogen and oxygen atoms in total. The van der Waals surface area contributed by atoms with Crippen LogP contribution in [0, 0.1) is 23.2 Å². The van der Waals surface area contributed by atoms with Gasteiger partial charge < -0.3 is 5.32 Å². The van der Waals surface area contributed by atoms with Crippen molar-refractivity contribution in [2.75, 3.05) is 0 Å². The highest BCUT2D eigenvalue weighted by Gasteiger charge is 2.53. The van der Waals surface area contributed by atoms with Crippen molar-refractivity contribution in [3.8, 4) is 0 Å². The van der Waals surface area contributed by atoms with Crippen LogP contribution < -0.4 is 5.32 Å². The molecule has 128 valence electrons. The van der Waals surface area contributed by atoms with Gasteiger partial charge in [0.15, 0.2) is 0 Å². The lowest BCUT2D eigenvalue weighted by molar-refractivity contribution is -0.121. The summed E-state index contributed by atoms with van der Waals surface area (Å²) in [5.74, 6) is 2.77. The minimum atomic E-state index is 0.0215. The Morgan fingerprint density at radius 1 is 1.12 bits per heavy atom. The topological polar surface area (TPSA) is 29.1 Å². The van der Waals surface area contributed by atoms with E-state index in [1.54, 1.807) is 6.08 Å². The van der Waals surface area contributed by atoms with E-state index in [1.807, 2.05) is 30.3 Å². The van der Waals surface area contributed by atoms with Crippen LogP contribution in [0.4, 0.5) is 0 Å². The summed E-state index contributed by atoms with van der Waals surface area (Å²) in [5, 5.41) is 3.98. The van der Waals surface area contributed by atoms with Gasteiger partial charge in [-0.05, 0) is 92.4 Å². The van der Waals surface area contributed by atoms with Crippen molar-refractivity contribution in [3.05, 3.63) is 40.9 Å². The third-order valence-electron chi connectivity index (χ3n) is 6.66. The molecule has 4 saturated carbocycles. The molecule has 24 heavy (non-hydrogen) atoms. The van der Waals surface area contributed by atoms with Gasteiger partial charge in [-0.3, -0.25) is 4.79 Å². The van der Waals surface area contributed by atoms with Gasteiger partial charge >= 0.3 is 0 Å². The lowest BCUT2D eigenvalue weighted by Gasteiger charge is -2.59. The zero-order valence-electron chi connectivity index (χ0n) is 14.3. The number of amides is 1. The van der Waals surface area contributed by atoms with Gasteiger partial charge in [0, 0.05) is 17.1 Å². The standard InChI is InChI=1S/C21H26ClNO/c1-14(21-11-16-8-17(12-21)10-18(9-16)13-21)23-20(24)7-4-15-2-5-19(22)6-3-15/h2-7,14,16-18H,8-13H2,1H3,(H,23,24)/b7-4+/t14-,16?,17?,18?,21?/m0/s1. The zero-order valence-corrected chi connectivity index (χ0v) is 15.1. The van der Waals surface area contributed by atoms with Crippen LogP contribution in [0.2, 0.25) is 5.02 Å². The summed E-state index contributed by atoms with van der Waals surface area (Å²) in [6.07, 6.45) is 11.8. The van der Waals surface area contributed by atoms with Crippen LogP contribution in [0.3, 0.4) is 0 Å². The normalized spacial score (nSPS) is 35.3. The van der Waals surface area contributed by atoms with E-state index in [4.69, 9.17) is 11.6 Å². The molecule has 0 saturated heterocycles. The van der Waals surface area contributed by atoms with Gasteiger partial charge in [0.25, 0.3) is 0 Å². The summed E-state index contributed by atoms with van der Waals surface area (Å²) in [5.41, 5.74) is 1.36. The molecule has 1 N–H and O–H groups in total. The number of carbonyl (C=O) groups is 1. The van der Waals surface area contributed by atoms with Crippen LogP contribution in [0.5, 0.6) is 0 Å². The average Bonchev–Trinajstić information content (AvgIpc) is 2.53. The fourth-order valence-electron chi connectivity index (χ4n) is 5.87. The van der Waals surface area contributed by atoms with Crippen LogP contribution in [-0.2, 0) is 4.79 Å². The fourth-order valence-corrected chi connectivity index (χ4v) is 5.99. The molecule has 4 aliphatic carbocycles. The van der Waals surface area contributed by atoms with E-state index >= 15 is 0 Å². The minimum Gasteiger partial charge on any atom is -0.350 e. The Morgan fingerprint density at radius 2 is 1.67 bits per heavy atom. The summed E-state index contributed by atoms with van der Waals surface area (Å²) in [4.78, 5) is 12.4. The first-order valence-electron chi connectivity index (χ1n) is 9.26. The molecule has 0 radical (unpaired) electrons. The quantitative estimate of drug-likeness (QED) is 0.759. The molecule has 4 aliphatic rings. The van der Waals surface area contributed by atoms with Crippen molar-refractivity contribution in [1.82, 2.24) is 5.32 Å². The monoisotopic (exact) mass is 343 g/mol. The molecule has 1 aromatic carbocycles. The third kappa shape index (κ3) is 3.13. The van der Waals surface area contributed by atoms with Crippen molar-refractivity contribution in [2.24, 2.45) is 23.2 Å². The van der Waals surface area contributed by atoms with Crippen LogP contribution in [0.1, 0.15) is 51.0 Å². The molecule has 1 aromatic rings. The maximum Gasteiger partial charge on any atom is 0.244 e. The number of hydrogen-bond acceptors (Lipinski definition) is 1. The van der Waals surface area contributed by atoms with Crippen LogP contribution in [-0.4, -0.2) is 11.9 Å². The molecule has 0 aliphatic heterocycles. The fraction of sp³-hybridized carbons (Fsp3) is 0.571. The van der Waals surface area contributed by atoms with Crippen molar-refractivity contribution in [3.63, 3.8) is 0 Å². The van der Waals surface area contributed by atoms with E-state index < -0.39 is 0 Å². The van der Waals surface area contributed by atoms with Crippen molar-refractivity contribution in [2.45, 2.75) is 51.5 Å². The van der Waals surface area contributed by atoms with E-state index in [0.29, 0.717) is 10.4 Å². The second kappa shape index (κ2) is 6.22. The maximum atomic E-state index is 12.4. The summed E-state index contributed by atoms with van der Waals surface area (Å²) < 4.78 is 0. The number of halogens is 1. The van der Waals surface area contributed by atoms with Crippen molar-refractivity contribution < 1.29 is 4.79 Å². The molecule has 4 bridgehead atoms. The number of rotatable bonds is 4.